The Labute approximate surface area is 128 Å². The number of carbonyl (C=O) groups is 1. The van der Waals surface area contributed by atoms with Gasteiger partial charge in [0.2, 0.25) is 0 Å². The zero-order valence-electron chi connectivity index (χ0n) is 12.3. The van der Waals surface area contributed by atoms with Gasteiger partial charge in [-0.3, -0.25) is 4.68 Å². The van der Waals surface area contributed by atoms with Gasteiger partial charge in [0.05, 0.1) is 17.7 Å². The molecule has 2 aromatic rings. The molecule has 2 unspecified atom stereocenters. The van der Waals surface area contributed by atoms with Crippen LogP contribution >= 0.6 is 0 Å². The molecule has 7 nitrogen and oxygen atoms in total. The van der Waals surface area contributed by atoms with Crippen molar-refractivity contribution in [3.05, 3.63) is 29.2 Å². The van der Waals surface area contributed by atoms with Crippen molar-refractivity contribution in [2.75, 3.05) is 5.32 Å². The van der Waals surface area contributed by atoms with Crippen LogP contribution < -0.4 is 10.4 Å². The number of halogens is 3. The van der Waals surface area contributed by atoms with Gasteiger partial charge < -0.3 is 15.2 Å². The summed E-state index contributed by atoms with van der Waals surface area (Å²) in [5.41, 5.74) is 0.702. The number of nitrogens with one attached hydrogen (secondary N) is 1. The van der Waals surface area contributed by atoms with Crippen LogP contribution in [0.4, 0.5) is 19.0 Å². The Bertz CT molecular complexity index is 764. The van der Waals surface area contributed by atoms with Gasteiger partial charge in [0, 0.05) is 31.3 Å². The third-order valence-corrected chi connectivity index (χ3v) is 3.83. The van der Waals surface area contributed by atoms with E-state index in [9.17, 15) is 23.1 Å². The Morgan fingerprint density at radius 3 is 2.65 bits per heavy atom. The van der Waals surface area contributed by atoms with Crippen LogP contribution in [0.15, 0.2) is 12.3 Å². The summed E-state index contributed by atoms with van der Waals surface area (Å²) in [6, 6.07) is -1.52. The smallest absolute Gasteiger partial charge is 0.410 e. The maximum Gasteiger partial charge on any atom is 0.410 e. The molecule has 0 fully saturated rings. The molecular formula is C13H13F3N5O2-. The van der Waals surface area contributed by atoms with Gasteiger partial charge in [0.1, 0.15) is 11.5 Å². The summed E-state index contributed by atoms with van der Waals surface area (Å²) in [5.74, 6) is -1.63. The van der Waals surface area contributed by atoms with Crippen molar-refractivity contribution >= 4 is 11.8 Å². The van der Waals surface area contributed by atoms with E-state index in [-0.39, 0.29) is 12.2 Å². The second-order valence-corrected chi connectivity index (χ2v) is 5.48. The van der Waals surface area contributed by atoms with Crippen LogP contribution in [0.25, 0.3) is 0 Å². The van der Waals surface area contributed by atoms with Crippen molar-refractivity contribution in [2.45, 2.75) is 31.6 Å². The fourth-order valence-corrected chi connectivity index (χ4v) is 2.84. The normalized spacial score (nSPS) is 20.9. The lowest BCUT2D eigenvalue weighted by Crippen LogP contribution is -2.36. The van der Waals surface area contributed by atoms with Crippen LogP contribution in [0.1, 0.15) is 40.3 Å². The molecule has 2 atom stereocenters. The second-order valence-electron chi connectivity index (χ2n) is 5.48. The first-order valence-corrected chi connectivity index (χ1v) is 6.81. The summed E-state index contributed by atoms with van der Waals surface area (Å²) >= 11 is 0. The van der Waals surface area contributed by atoms with Crippen LogP contribution in [-0.4, -0.2) is 31.7 Å². The molecule has 3 rings (SSSR count). The molecule has 0 spiro atoms. The molecule has 1 aliphatic rings. The molecule has 1 aliphatic heterocycles. The van der Waals surface area contributed by atoms with Crippen LogP contribution in [0.5, 0.6) is 0 Å². The molecule has 10 heteroatoms. The largest absolute Gasteiger partial charge is 0.543 e. The quantitative estimate of drug-likeness (QED) is 0.887. The number of carboxylic acid groups (broad SMARTS) is 1. The SMILES string of the molecule is Cc1nn(C)cc1C1CC(C(F)(F)F)n2nc(C(=O)[O-])cc2N1. The number of aryl methyl sites for hydroxylation is 2. The average molecular weight is 328 g/mol. The lowest BCUT2D eigenvalue weighted by molar-refractivity contribution is -0.255. The average Bonchev–Trinajstić information content (AvgIpc) is 2.99. The predicted octanol–water partition coefficient (Wildman–Crippen LogP) is 0.949. The van der Waals surface area contributed by atoms with Crippen molar-refractivity contribution in [3.8, 4) is 0 Å². The van der Waals surface area contributed by atoms with Crippen molar-refractivity contribution in [2.24, 2.45) is 7.05 Å². The van der Waals surface area contributed by atoms with Gasteiger partial charge in [-0.2, -0.15) is 23.4 Å². The lowest BCUT2D eigenvalue weighted by atomic mass is 9.97. The molecule has 1 N–H and O–H groups in total. The predicted molar refractivity (Wildman–Crippen MR) is 70.6 cm³/mol. The van der Waals surface area contributed by atoms with Gasteiger partial charge in [0.15, 0.2) is 6.04 Å². The highest BCUT2D eigenvalue weighted by molar-refractivity contribution is 5.84. The van der Waals surface area contributed by atoms with E-state index in [1.807, 2.05) is 0 Å². The number of fused-ring (bicyclic) bond motifs is 1. The van der Waals surface area contributed by atoms with E-state index < -0.39 is 29.9 Å². The van der Waals surface area contributed by atoms with E-state index >= 15 is 0 Å². The van der Waals surface area contributed by atoms with Gasteiger partial charge in [-0.1, -0.05) is 0 Å². The number of nitrogens with zero attached hydrogens (tertiary/aromatic N) is 4. The van der Waals surface area contributed by atoms with E-state index in [0.717, 1.165) is 6.07 Å². The van der Waals surface area contributed by atoms with Crippen molar-refractivity contribution < 1.29 is 23.1 Å². The third kappa shape index (κ3) is 2.64. The van der Waals surface area contributed by atoms with Gasteiger partial charge in [0.25, 0.3) is 0 Å². The first-order valence-electron chi connectivity index (χ1n) is 6.81. The van der Waals surface area contributed by atoms with Crippen molar-refractivity contribution in [3.63, 3.8) is 0 Å². The summed E-state index contributed by atoms with van der Waals surface area (Å²) in [6.45, 7) is 1.71. The highest BCUT2D eigenvalue weighted by Crippen LogP contribution is 2.43. The molecule has 23 heavy (non-hydrogen) atoms. The molecule has 0 bridgehead atoms. The standard InChI is InChI=1S/C13H14F3N5O2/c1-6-7(5-20(2)18-6)8-3-10(13(14,15)16)21-11(17-8)4-9(19-21)12(22)23/h4-5,8,10,17H,3H2,1-2H3,(H,22,23)/p-1. The highest BCUT2D eigenvalue weighted by atomic mass is 19.4. The zero-order chi connectivity index (χ0) is 16.9. The Morgan fingerprint density at radius 1 is 1.43 bits per heavy atom. The third-order valence-electron chi connectivity index (χ3n) is 3.83. The number of carbonyl (C=O) groups excluding carboxylic acids is 1. The topological polar surface area (TPSA) is 87.8 Å². The highest BCUT2D eigenvalue weighted by Gasteiger charge is 2.47. The molecule has 3 heterocycles. The summed E-state index contributed by atoms with van der Waals surface area (Å²) < 4.78 is 42.2. The summed E-state index contributed by atoms with van der Waals surface area (Å²) in [4.78, 5) is 10.9. The number of rotatable bonds is 2. The molecule has 0 aliphatic carbocycles. The van der Waals surface area contributed by atoms with Gasteiger partial charge in [-0.25, -0.2) is 4.68 Å². The number of aromatic carboxylic acids is 1. The summed E-state index contributed by atoms with van der Waals surface area (Å²) in [7, 11) is 1.68. The lowest BCUT2D eigenvalue weighted by Gasteiger charge is -2.33. The maximum atomic E-state index is 13.4. The van der Waals surface area contributed by atoms with Crippen LogP contribution in [0.2, 0.25) is 0 Å². The van der Waals surface area contributed by atoms with Crippen molar-refractivity contribution in [1.29, 1.82) is 0 Å². The zero-order valence-corrected chi connectivity index (χ0v) is 12.3. The Kier molecular flexibility index (Phi) is 3.34. The van der Waals surface area contributed by atoms with E-state index in [4.69, 9.17) is 0 Å². The number of hydrogen-bond acceptors (Lipinski definition) is 5. The summed E-state index contributed by atoms with van der Waals surface area (Å²) in [5, 5.41) is 21.4. The maximum absolute atomic E-state index is 13.4. The number of hydrogen-bond donors (Lipinski definition) is 1. The first-order chi connectivity index (χ1) is 10.7. The van der Waals surface area contributed by atoms with E-state index in [1.54, 1.807) is 20.2 Å². The number of aromatic nitrogens is 4. The minimum Gasteiger partial charge on any atom is -0.543 e. The van der Waals surface area contributed by atoms with Gasteiger partial charge in [-0.05, 0) is 6.92 Å². The fraction of sp³-hybridized carbons (Fsp3) is 0.462. The van der Waals surface area contributed by atoms with Gasteiger partial charge in [-0.15, -0.1) is 0 Å². The Morgan fingerprint density at radius 2 is 2.13 bits per heavy atom. The molecule has 0 saturated heterocycles. The molecular weight excluding hydrogens is 315 g/mol. The monoisotopic (exact) mass is 328 g/mol. The van der Waals surface area contributed by atoms with E-state index in [0.29, 0.717) is 15.9 Å². The minimum atomic E-state index is -4.56. The number of anilines is 1. The van der Waals surface area contributed by atoms with Crippen LogP contribution in [0, 0.1) is 6.92 Å². The molecule has 2 aromatic heterocycles. The van der Waals surface area contributed by atoms with E-state index in [1.165, 1.54) is 4.68 Å². The van der Waals surface area contributed by atoms with E-state index in [2.05, 4.69) is 15.5 Å². The Hall–Kier alpha value is -2.52. The number of carboxylic acids is 1. The summed E-state index contributed by atoms with van der Waals surface area (Å²) in [6.07, 6.45) is -3.22. The fourth-order valence-electron chi connectivity index (χ4n) is 2.84. The molecule has 0 aromatic carbocycles. The minimum absolute atomic E-state index is 0.00831. The first kappa shape index (κ1) is 15.4. The van der Waals surface area contributed by atoms with Gasteiger partial charge >= 0.3 is 6.18 Å². The second kappa shape index (κ2) is 5.00. The van der Waals surface area contributed by atoms with Crippen LogP contribution in [-0.2, 0) is 7.05 Å². The molecule has 0 saturated carbocycles. The van der Waals surface area contributed by atoms with Crippen LogP contribution in [0.3, 0.4) is 0 Å². The Balaban J connectivity index is 2.05. The molecule has 124 valence electrons. The van der Waals surface area contributed by atoms with Crippen molar-refractivity contribution in [1.82, 2.24) is 19.6 Å². The molecule has 0 radical (unpaired) electrons. The molecule has 0 amide bonds. The number of alkyl halides is 3.